The summed E-state index contributed by atoms with van der Waals surface area (Å²) in [5.41, 5.74) is 4.30. The predicted molar refractivity (Wildman–Crippen MR) is 95.3 cm³/mol. The third-order valence-corrected chi connectivity index (χ3v) is 3.91. The number of hydrogen-bond acceptors (Lipinski definition) is 4. The van der Waals surface area contributed by atoms with Gasteiger partial charge in [-0.15, -0.1) is 0 Å². The first-order valence-corrected chi connectivity index (χ1v) is 8.49. The fourth-order valence-corrected chi connectivity index (χ4v) is 2.54. The lowest BCUT2D eigenvalue weighted by Crippen LogP contribution is -2.13. The van der Waals surface area contributed by atoms with Gasteiger partial charge in [0.15, 0.2) is 0 Å². The van der Waals surface area contributed by atoms with Crippen molar-refractivity contribution in [3.63, 3.8) is 0 Å². The molecule has 4 nitrogen and oxygen atoms in total. The van der Waals surface area contributed by atoms with Crippen LogP contribution in [0.25, 0.3) is 11.5 Å². The lowest BCUT2D eigenvalue weighted by atomic mass is 10.1. The van der Waals surface area contributed by atoms with Crippen LogP contribution in [-0.2, 0) is 19.5 Å². The van der Waals surface area contributed by atoms with E-state index in [-0.39, 0.29) is 0 Å². The van der Waals surface area contributed by atoms with Gasteiger partial charge in [-0.25, -0.2) is 4.98 Å². The summed E-state index contributed by atoms with van der Waals surface area (Å²) in [6, 6.07) is 14.4. The van der Waals surface area contributed by atoms with E-state index in [2.05, 4.69) is 46.5 Å². The molecular weight excluding hydrogens is 298 g/mol. The van der Waals surface area contributed by atoms with Crippen molar-refractivity contribution in [1.82, 2.24) is 15.3 Å². The molecule has 3 rings (SSSR count). The Balaban J connectivity index is 1.55. The number of aromatic nitrogens is 2. The van der Waals surface area contributed by atoms with Crippen LogP contribution >= 0.6 is 0 Å². The zero-order valence-corrected chi connectivity index (χ0v) is 14.0. The van der Waals surface area contributed by atoms with Crippen molar-refractivity contribution in [3.8, 4) is 11.5 Å². The van der Waals surface area contributed by atoms with Crippen molar-refractivity contribution in [2.45, 2.75) is 39.3 Å². The van der Waals surface area contributed by atoms with E-state index >= 15 is 0 Å². The number of benzene rings is 1. The SMILES string of the molecule is CCCCc1ccc(-c2nc(CNCc3ccccn3)co2)cc1. The van der Waals surface area contributed by atoms with Crippen LogP contribution in [0.1, 0.15) is 36.7 Å². The number of pyridine rings is 1. The van der Waals surface area contributed by atoms with Crippen LogP contribution in [0.3, 0.4) is 0 Å². The molecule has 1 N–H and O–H groups in total. The molecule has 0 saturated heterocycles. The van der Waals surface area contributed by atoms with E-state index in [9.17, 15) is 0 Å². The largest absolute Gasteiger partial charge is 0.444 e. The minimum atomic E-state index is 0.661. The van der Waals surface area contributed by atoms with Crippen LogP contribution in [0.15, 0.2) is 59.3 Å². The number of nitrogens with one attached hydrogen (secondary N) is 1. The molecule has 1 aromatic carbocycles. The molecular formula is C20H23N3O. The van der Waals surface area contributed by atoms with E-state index in [1.54, 1.807) is 12.5 Å². The molecule has 0 saturated carbocycles. The van der Waals surface area contributed by atoms with Gasteiger partial charge < -0.3 is 9.73 Å². The van der Waals surface area contributed by atoms with Crippen LogP contribution < -0.4 is 5.32 Å². The Morgan fingerprint density at radius 2 is 1.83 bits per heavy atom. The highest BCUT2D eigenvalue weighted by Gasteiger charge is 2.07. The molecule has 0 aliphatic carbocycles. The monoisotopic (exact) mass is 321 g/mol. The Bertz CT molecular complexity index is 735. The van der Waals surface area contributed by atoms with E-state index in [4.69, 9.17) is 4.42 Å². The second kappa shape index (κ2) is 8.41. The maximum Gasteiger partial charge on any atom is 0.226 e. The molecule has 4 heteroatoms. The third-order valence-electron chi connectivity index (χ3n) is 3.91. The molecule has 0 bridgehead atoms. The summed E-state index contributed by atoms with van der Waals surface area (Å²) in [4.78, 5) is 8.84. The van der Waals surface area contributed by atoms with Gasteiger partial charge in [-0.2, -0.15) is 0 Å². The van der Waals surface area contributed by atoms with Gasteiger partial charge in [0, 0.05) is 24.8 Å². The minimum Gasteiger partial charge on any atom is -0.444 e. The number of nitrogens with zero attached hydrogens (tertiary/aromatic N) is 2. The second-order valence-electron chi connectivity index (χ2n) is 5.87. The Morgan fingerprint density at radius 1 is 1.00 bits per heavy atom. The van der Waals surface area contributed by atoms with Crippen LogP contribution in [0.5, 0.6) is 0 Å². The molecule has 24 heavy (non-hydrogen) atoms. The smallest absolute Gasteiger partial charge is 0.226 e. The molecule has 124 valence electrons. The van der Waals surface area contributed by atoms with Gasteiger partial charge in [-0.3, -0.25) is 4.98 Å². The predicted octanol–water partition coefficient (Wildman–Crippen LogP) is 4.37. The Labute approximate surface area is 143 Å². The van der Waals surface area contributed by atoms with Crippen LogP contribution in [0.4, 0.5) is 0 Å². The van der Waals surface area contributed by atoms with Gasteiger partial charge in [0.05, 0.1) is 11.4 Å². The van der Waals surface area contributed by atoms with Crippen molar-refractivity contribution >= 4 is 0 Å². The van der Waals surface area contributed by atoms with E-state index in [0.29, 0.717) is 12.4 Å². The van der Waals surface area contributed by atoms with Gasteiger partial charge in [0.2, 0.25) is 5.89 Å². The molecule has 0 radical (unpaired) electrons. The number of hydrogen-bond donors (Lipinski definition) is 1. The number of unbranched alkanes of at least 4 members (excludes halogenated alkanes) is 1. The average molecular weight is 321 g/mol. The average Bonchev–Trinajstić information content (AvgIpc) is 3.10. The van der Waals surface area contributed by atoms with E-state index in [0.717, 1.165) is 29.9 Å². The van der Waals surface area contributed by atoms with Gasteiger partial charge in [-0.1, -0.05) is 31.5 Å². The van der Waals surface area contributed by atoms with Crippen LogP contribution in [-0.4, -0.2) is 9.97 Å². The highest BCUT2D eigenvalue weighted by molar-refractivity contribution is 5.53. The minimum absolute atomic E-state index is 0.661. The Kier molecular flexibility index (Phi) is 5.75. The summed E-state index contributed by atoms with van der Waals surface area (Å²) in [5.74, 6) is 0.673. The molecule has 2 heterocycles. The van der Waals surface area contributed by atoms with Gasteiger partial charge in [-0.05, 0) is 42.7 Å². The fourth-order valence-electron chi connectivity index (χ4n) is 2.54. The van der Waals surface area contributed by atoms with Crippen LogP contribution in [0.2, 0.25) is 0 Å². The Morgan fingerprint density at radius 3 is 2.58 bits per heavy atom. The zero-order valence-electron chi connectivity index (χ0n) is 14.0. The number of rotatable bonds is 8. The normalized spacial score (nSPS) is 10.9. The first kappa shape index (κ1) is 16.4. The quantitative estimate of drug-likeness (QED) is 0.669. The van der Waals surface area contributed by atoms with Crippen molar-refractivity contribution in [2.75, 3.05) is 0 Å². The molecule has 2 aromatic heterocycles. The van der Waals surface area contributed by atoms with Gasteiger partial charge >= 0.3 is 0 Å². The topological polar surface area (TPSA) is 51.0 Å². The first-order valence-electron chi connectivity index (χ1n) is 8.49. The van der Waals surface area contributed by atoms with Crippen molar-refractivity contribution in [3.05, 3.63) is 71.9 Å². The summed E-state index contributed by atoms with van der Waals surface area (Å²) >= 11 is 0. The molecule has 3 aromatic rings. The Hall–Kier alpha value is -2.46. The molecule has 0 spiro atoms. The molecule has 0 aliphatic heterocycles. The number of oxazole rings is 1. The lowest BCUT2D eigenvalue weighted by Gasteiger charge is -2.01. The molecule has 0 aliphatic rings. The van der Waals surface area contributed by atoms with E-state index in [1.165, 1.54) is 18.4 Å². The summed E-state index contributed by atoms with van der Waals surface area (Å²) in [6.07, 6.45) is 7.09. The van der Waals surface area contributed by atoms with Crippen molar-refractivity contribution in [2.24, 2.45) is 0 Å². The summed E-state index contributed by atoms with van der Waals surface area (Å²) in [6.45, 7) is 3.59. The first-order chi connectivity index (χ1) is 11.8. The maximum absolute atomic E-state index is 5.61. The lowest BCUT2D eigenvalue weighted by molar-refractivity contribution is 0.569. The highest BCUT2D eigenvalue weighted by atomic mass is 16.3. The molecule has 0 fully saturated rings. The highest BCUT2D eigenvalue weighted by Crippen LogP contribution is 2.20. The van der Waals surface area contributed by atoms with Crippen molar-refractivity contribution in [1.29, 1.82) is 0 Å². The summed E-state index contributed by atoms with van der Waals surface area (Å²) in [7, 11) is 0. The van der Waals surface area contributed by atoms with Crippen molar-refractivity contribution < 1.29 is 4.42 Å². The van der Waals surface area contributed by atoms with E-state index < -0.39 is 0 Å². The third kappa shape index (κ3) is 4.52. The zero-order chi connectivity index (χ0) is 16.6. The maximum atomic E-state index is 5.61. The van der Waals surface area contributed by atoms with Crippen LogP contribution in [0, 0.1) is 0 Å². The van der Waals surface area contributed by atoms with Gasteiger partial charge in [0.1, 0.15) is 6.26 Å². The molecule has 0 amide bonds. The second-order valence-corrected chi connectivity index (χ2v) is 5.87. The summed E-state index contributed by atoms with van der Waals surface area (Å²) < 4.78 is 5.61. The standard InChI is InChI=1S/C20H23N3O/c1-2-3-6-16-8-10-17(11-9-16)20-23-19(15-24-20)14-21-13-18-7-4-5-12-22-18/h4-5,7-12,15,21H,2-3,6,13-14H2,1H3. The number of aryl methyl sites for hydroxylation is 1. The van der Waals surface area contributed by atoms with Gasteiger partial charge in [0.25, 0.3) is 0 Å². The van der Waals surface area contributed by atoms with E-state index in [1.807, 2.05) is 18.2 Å². The molecule has 0 unspecified atom stereocenters. The molecule has 0 atom stereocenters. The fraction of sp³-hybridized carbons (Fsp3) is 0.300. The summed E-state index contributed by atoms with van der Waals surface area (Å²) in [5, 5.41) is 3.33.